The SMILES string of the molecule is CCOCCOc1ccccc1CNCCO. The van der Waals surface area contributed by atoms with Crippen LogP contribution in [0, 0.1) is 0 Å². The molecule has 1 aromatic rings. The third-order valence-electron chi connectivity index (χ3n) is 2.27. The molecule has 0 fully saturated rings. The van der Waals surface area contributed by atoms with Crippen molar-refractivity contribution in [1.29, 1.82) is 0 Å². The molecule has 1 rings (SSSR count). The van der Waals surface area contributed by atoms with Gasteiger partial charge < -0.3 is 19.9 Å². The zero-order valence-corrected chi connectivity index (χ0v) is 10.3. The molecule has 0 aromatic heterocycles. The average molecular weight is 239 g/mol. The number of aliphatic hydroxyl groups is 1. The van der Waals surface area contributed by atoms with Crippen LogP contribution >= 0.6 is 0 Å². The normalized spacial score (nSPS) is 10.5. The molecule has 17 heavy (non-hydrogen) atoms. The zero-order chi connectivity index (χ0) is 12.3. The maximum atomic E-state index is 8.70. The van der Waals surface area contributed by atoms with E-state index in [0.717, 1.165) is 11.3 Å². The van der Waals surface area contributed by atoms with Gasteiger partial charge in [0.15, 0.2) is 0 Å². The van der Waals surface area contributed by atoms with Crippen LogP contribution in [0.2, 0.25) is 0 Å². The fourth-order valence-corrected chi connectivity index (χ4v) is 1.45. The Bertz CT molecular complexity index is 304. The average Bonchev–Trinajstić information content (AvgIpc) is 2.36. The summed E-state index contributed by atoms with van der Waals surface area (Å²) >= 11 is 0. The van der Waals surface area contributed by atoms with Crippen molar-refractivity contribution < 1.29 is 14.6 Å². The van der Waals surface area contributed by atoms with E-state index in [1.165, 1.54) is 0 Å². The van der Waals surface area contributed by atoms with E-state index in [1.807, 2.05) is 31.2 Å². The van der Waals surface area contributed by atoms with E-state index in [9.17, 15) is 0 Å². The van der Waals surface area contributed by atoms with Crippen LogP contribution < -0.4 is 10.1 Å². The maximum absolute atomic E-state index is 8.70. The Balaban J connectivity index is 2.40. The molecule has 0 spiro atoms. The van der Waals surface area contributed by atoms with Crippen LogP contribution in [-0.4, -0.2) is 38.1 Å². The summed E-state index contributed by atoms with van der Waals surface area (Å²) in [6, 6.07) is 7.89. The molecule has 96 valence electrons. The molecule has 0 bridgehead atoms. The van der Waals surface area contributed by atoms with Gasteiger partial charge in [-0.25, -0.2) is 0 Å². The standard InChI is InChI=1S/C13H21NO3/c1-2-16-9-10-17-13-6-4-3-5-12(13)11-14-7-8-15/h3-6,14-15H,2,7-11H2,1H3. The number of para-hydroxylation sites is 1. The first-order chi connectivity index (χ1) is 8.38. The first kappa shape index (κ1) is 14.0. The summed E-state index contributed by atoms with van der Waals surface area (Å²) in [4.78, 5) is 0. The number of hydrogen-bond donors (Lipinski definition) is 2. The number of rotatable bonds is 9. The van der Waals surface area contributed by atoms with E-state index in [-0.39, 0.29) is 6.61 Å². The number of ether oxygens (including phenoxy) is 2. The molecule has 0 heterocycles. The highest BCUT2D eigenvalue weighted by Gasteiger charge is 2.01. The van der Waals surface area contributed by atoms with Crippen LogP contribution in [-0.2, 0) is 11.3 Å². The molecule has 0 unspecified atom stereocenters. The van der Waals surface area contributed by atoms with E-state index in [1.54, 1.807) is 0 Å². The molecule has 2 N–H and O–H groups in total. The Morgan fingerprint density at radius 1 is 1.24 bits per heavy atom. The fourth-order valence-electron chi connectivity index (χ4n) is 1.45. The lowest BCUT2D eigenvalue weighted by atomic mass is 10.2. The van der Waals surface area contributed by atoms with Crippen molar-refractivity contribution in [1.82, 2.24) is 5.32 Å². The second-order valence-corrected chi connectivity index (χ2v) is 3.55. The highest BCUT2D eigenvalue weighted by Crippen LogP contribution is 2.17. The third kappa shape index (κ3) is 5.68. The molecule has 0 aliphatic heterocycles. The molecule has 4 heteroatoms. The van der Waals surface area contributed by atoms with Crippen molar-refractivity contribution in [2.45, 2.75) is 13.5 Å². The Kier molecular flexibility index (Phi) is 7.38. The van der Waals surface area contributed by atoms with Gasteiger partial charge in [0, 0.05) is 25.3 Å². The molecule has 4 nitrogen and oxygen atoms in total. The summed E-state index contributed by atoms with van der Waals surface area (Å²) in [5.41, 5.74) is 1.09. The van der Waals surface area contributed by atoms with Gasteiger partial charge in [-0.3, -0.25) is 0 Å². The van der Waals surface area contributed by atoms with E-state index in [0.29, 0.717) is 32.9 Å². The summed E-state index contributed by atoms with van der Waals surface area (Å²) in [5.74, 6) is 0.873. The number of nitrogens with one attached hydrogen (secondary N) is 1. The van der Waals surface area contributed by atoms with Crippen LogP contribution in [0.15, 0.2) is 24.3 Å². The molecule has 0 aliphatic rings. The Morgan fingerprint density at radius 2 is 2.06 bits per heavy atom. The fraction of sp³-hybridized carbons (Fsp3) is 0.538. The van der Waals surface area contributed by atoms with Gasteiger partial charge in [-0.05, 0) is 13.0 Å². The summed E-state index contributed by atoms with van der Waals surface area (Å²) in [5, 5.41) is 11.8. The predicted molar refractivity (Wildman–Crippen MR) is 67.2 cm³/mol. The lowest BCUT2D eigenvalue weighted by Gasteiger charge is -2.11. The van der Waals surface area contributed by atoms with E-state index >= 15 is 0 Å². The van der Waals surface area contributed by atoms with Crippen LogP contribution in [0.4, 0.5) is 0 Å². The summed E-state index contributed by atoms with van der Waals surface area (Å²) in [6.45, 7) is 5.28. The minimum Gasteiger partial charge on any atom is -0.491 e. The maximum Gasteiger partial charge on any atom is 0.123 e. The lowest BCUT2D eigenvalue weighted by molar-refractivity contribution is 0.110. The van der Waals surface area contributed by atoms with Gasteiger partial charge >= 0.3 is 0 Å². The quantitative estimate of drug-likeness (QED) is 0.635. The smallest absolute Gasteiger partial charge is 0.123 e. The molecular weight excluding hydrogens is 218 g/mol. The Hall–Kier alpha value is -1.10. The number of hydrogen-bond acceptors (Lipinski definition) is 4. The van der Waals surface area contributed by atoms with E-state index < -0.39 is 0 Å². The van der Waals surface area contributed by atoms with E-state index in [4.69, 9.17) is 14.6 Å². The van der Waals surface area contributed by atoms with Gasteiger partial charge in [0.25, 0.3) is 0 Å². The van der Waals surface area contributed by atoms with Gasteiger partial charge in [0.1, 0.15) is 12.4 Å². The predicted octanol–water partition coefficient (Wildman–Crippen LogP) is 1.18. The third-order valence-corrected chi connectivity index (χ3v) is 2.27. The van der Waals surface area contributed by atoms with Crippen molar-refractivity contribution in [3.63, 3.8) is 0 Å². The largest absolute Gasteiger partial charge is 0.491 e. The van der Waals surface area contributed by atoms with Crippen LogP contribution in [0.3, 0.4) is 0 Å². The Morgan fingerprint density at radius 3 is 2.82 bits per heavy atom. The first-order valence-electron chi connectivity index (χ1n) is 5.98. The van der Waals surface area contributed by atoms with Gasteiger partial charge in [-0.2, -0.15) is 0 Å². The molecule has 0 saturated carbocycles. The van der Waals surface area contributed by atoms with Gasteiger partial charge in [0.2, 0.25) is 0 Å². The molecule has 0 radical (unpaired) electrons. The molecule has 1 aromatic carbocycles. The highest BCUT2D eigenvalue weighted by molar-refractivity contribution is 5.33. The van der Waals surface area contributed by atoms with Crippen LogP contribution in [0.25, 0.3) is 0 Å². The highest BCUT2D eigenvalue weighted by atomic mass is 16.5. The minimum atomic E-state index is 0.146. The van der Waals surface area contributed by atoms with Crippen LogP contribution in [0.1, 0.15) is 12.5 Å². The van der Waals surface area contributed by atoms with Crippen molar-refractivity contribution in [2.24, 2.45) is 0 Å². The number of benzene rings is 1. The second-order valence-electron chi connectivity index (χ2n) is 3.55. The number of aliphatic hydroxyl groups excluding tert-OH is 1. The molecular formula is C13H21NO3. The topological polar surface area (TPSA) is 50.7 Å². The minimum absolute atomic E-state index is 0.146. The van der Waals surface area contributed by atoms with Crippen molar-refractivity contribution in [2.75, 3.05) is 33.0 Å². The molecule has 0 saturated heterocycles. The molecule has 0 atom stereocenters. The first-order valence-corrected chi connectivity index (χ1v) is 5.98. The van der Waals surface area contributed by atoms with Gasteiger partial charge in [-0.1, -0.05) is 18.2 Å². The van der Waals surface area contributed by atoms with Gasteiger partial charge in [0.05, 0.1) is 13.2 Å². The lowest BCUT2D eigenvalue weighted by Crippen LogP contribution is -2.18. The summed E-state index contributed by atoms with van der Waals surface area (Å²) in [7, 11) is 0. The monoisotopic (exact) mass is 239 g/mol. The van der Waals surface area contributed by atoms with E-state index in [2.05, 4.69) is 5.32 Å². The summed E-state index contributed by atoms with van der Waals surface area (Å²) < 4.78 is 10.9. The zero-order valence-electron chi connectivity index (χ0n) is 10.3. The molecule has 0 amide bonds. The second kappa shape index (κ2) is 8.98. The summed E-state index contributed by atoms with van der Waals surface area (Å²) in [6.07, 6.45) is 0. The van der Waals surface area contributed by atoms with Crippen molar-refractivity contribution >= 4 is 0 Å². The Labute approximate surface area is 103 Å². The van der Waals surface area contributed by atoms with Crippen LogP contribution in [0.5, 0.6) is 5.75 Å². The van der Waals surface area contributed by atoms with Crippen molar-refractivity contribution in [3.05, 3.63) is 29.8 Å². The molecule has 0 aliphatic carbocycles. The van der Waals surface area contributed by atoms with Gasteiger partial charge in [-0.15, -0.1) is 0 Å². The van der Waals surface area contributed by atoms with Crippen molar-refractivity contribution in [3.8, 4) is 5.75 Å².